The van der Waals surface area contributed by atoms with E-state index < -0.39 is 16.8 Å². The average molecular weight is 347 g/mol. The minimum atomic E-state index is -1.11. The second-order valence-electron chi connectivity index (χ2n) is 5.17. The molecule has 0 aliphatic heterocycles. The maximum absolute atomic E-state index is 14.2. The van der Waals surface area contributed by atoms with E-state index in [0.717, 1.165) is 0 Å². The molecule has 2 nitrogen and oxygen atoms in total. The molecule has 106 valence electrons. The van der Waals surface area contributed by atoms with E-state index in [1.807, 2.05) is 12.1 Å². The summed E-state index contributed by atoms with van der Waals surface area (Å²) in [6.45, 7) is 7.96. The molecule has 1 aromatic heterocycles. The van der Waals surface area contributed by atoms with Gasteiger partial charge in [0.15, 0.2) is 0 Å². The number of nitrogens with zero attached hydrogens (tertiary/aromatic N) is 2. The highest BCUT2D eigenvalue weighted by Crippen LogP contribution is 2.32. The van der Waals surface area contributed by atoms with Crippen molar-refractivity contribution in [3.63, 3.8) is 0 Å². The summed E-state index contributed by atoms with van der Waals surface area (Å²) < 4.78 is 19.3. The van der Waals surface area contributed by atoms with E-state index in [4.69, 9.17) is 0 Å². The molecule has 0 saturated heterocycles. The highest BCUT2D eigenvalue weighted by atomic mass is 79.9. The number of hydrogen-bond acceptors (Lipinski definition) is 2. The predicted molar refractivity (Wildman–Crippen MR) is 88.1 cm³/mol. The van der Waals surface area contributed by atoms with Crippen molar-refractivity contribution in [2.45, 2.75) is 45.0 Å². The minimum Gasteiger partial charge on any atom is -0.240 e. The van der Waals surface area contributed by atoms with Gasteiger partial charge in [-0.3, -0.25) is 0 Å². The van der Waals surface area contributed by atoms with Crippen LogP contribution in [0.5, 0.6) is 0 Å². The highest BCUT2D eigenvalue weighted by molar-refractivity contribution is 9.10. The van der Waals surface area contributed by atoms with Crippen LogP contribution in [0.3, 0.4) is 0 Å². The largest absolute Gasteiger partial charge is 0.240 e. The fourth-order valence-corrected chi connectivity index (χ4v) is 2.33. The summed E-state index contributed by atoms with van der Waals surface area (Å²) in [5.41, 5.74) is 0.978. The van der Waals surface area contributed by atoms with E-state index in [-0.39, 0.29) is 4.75 Å². The van der Waals surface area contributed by atoms with E-state index in [0.29, 0.717) is 22.4 Å². The Morgan fingerprint density at radius 3 is 2.63 bits per heavy atom. The fraction of sp³-hybridized carbons (Fsp3) is 0.500. The lowest BCUT2D eigenvalue weighted by Crippen LogP contribution is -2.19. The van der Waals surface area contributed by atoms with Gasteiger partial charge < -0.3 is 0 Å². The van der Waals surface area contributed by atoms with Gasteiger partial charge in [0.05, 0.1) is 5.69 Å². The Kier molecular flexibility index (Phi) is 5.86. The predicted octanol–water partition coefficient (Wildman–Crippen LogP) is 4.80. The molecular formula is C14H20BrFN2S. The molecule has 19 heavy (non-hydrogen) atoms. The van der Waals surface area contributed by atoms with Crippen molar-refractivity contribution >= 4 is 38.2 Å². The van der Waals surface area contributed by atoms with Gasteiger partial charge in [-0.15, -0.1) is 0 Å². The van der Waals surface area contributed by atoms with Gasteiger partial charge in [0.2, 0.25) is 0 Å². The summed E-state index contributed by atoms with van der Waals surface area (Å²) in [5, 5.41) is 0. The molecule has 0 amide bonds. The van der Waals surface area contributed by atoms with E-state index in [2.05, 4.69) is 52.0 Å². The molecule has 1 unspecified atom stereocenters. The van der Waals surface area contributed by atoms with Crippen LogP contribution in [0.4, 0.5) is 4.39 Å². The number of halogens is 2. The molecule has 0 aliphatic carbocycles. The second-order valence-corrected chi connectivity index (χ2v) is 8.12. The van der Waals surface area contributed by atoms with Crippen molar-refractivity contribution in [2.24, 2.45) is 4.40 Å². The van der Waals surface area contributed by atoms with Crippen LogP contribution < -0.4 is 0 Å². The molecule has 1 rings (SSSR count). The molecule has 1 aromatic rings. The van der Waals surface area contributed by atoms with E-state index in [9.17, 15) is 4.39 Å². The van der Waals surface area contributed by atoms with Gasteiger partial charge in [-0.25, -0.2) is 13.8 Å². The zero-order valence-electron chi connectivity index (χ0n) is 11.8. The van der Waals surface area contributed by atoms with E-state index in [1.165, 1.54) is 0 Å². The summed E-state index contributed by atoms with van der Waals surface area (Å²) in [4.78, 5) is 4.30. The Hall–Kier alpha value is -0.550. The van der Waals surface area contributed by atoms with Crippen LogP contribution in [-0.4, -0.2) is 27.5 Å². The Morgan fingerprint density at radius 1 is 1.53 bits per heavy atom. The molecule has 0 aliphatic rings. The van der Waals surface area contributed by atoms with Gasteiger partial charge in [-0.1, -0.05) is 29.5 Å². The van der Waals surface area contributed by atoms with Crippen molar-refractivity contribution < 1.29 is 4.39 Å². The van der Waals surface area contributed by atoms with Gasteiger partial charge in [-0.05, 0) is 55.3 Å². The molecule has 0 saturated carbocycles. The van der Waals surface area contributed by atoms with Gasteiger partial charge in [-0.2, -0.15) is 0 Å². The quantitative estimate of drug-likeness (QED) is 0.436. The van der Waals surface area contributed by atoms with Gasteiger partial charge in [0.1, 0.15) is 16.5 Å². The lowest BCUT2D eigenvalue weighted by atomic mass is 10.1. The zero-order valence-corrected chi connectivity index (χ0v) is 14.2. The molecule has 0 spiro atoms. The molecule has 5 heteroatoms. The standard InChI is InChI=1S/C14H20BrFN2S/c1-6-10(16)13(18-19(5)14(2,3)4)11-8-7-9-12(15)17-11/h7-10H,5-6H2,1-4H3/t10-,19?/m0/s1. The van der Waals surface area contributed by atoms with E-state index in [1.54, 1.807) is 13.0 Å². The fourth-order valence-electron chi connectivity index (χ4n) is 1.26. The van der Waals surface area contributed by atoms with Crippen molar-refractivity contribution in [2.75, 3.05) is 0 Å². The van der Waals surface area contributed by atoms with Crippen LogP contribution >= 0.6 is 26.6 Å². The summed E-state index contributed by atoms with van der Waals surface area (Å²) in [5.74, 6) is 4.05. The lowest BCUT2D eigenvalue weighted by Gasteiger charge is -2.21. The van der Waals surface area contributed by atoms with Crippen LogP contribution in [0.25, 0.3) is 0 Å². The third kappa shape index (κ3) is 4.80. The number of rotatable bonds is 4. The van der Waals surface area contributed by atoms with Crippen LogP contribution in [0.1, 0.15) is 39.8 Å². The average Bonchev–Trinajstić information content (AvgIpc) is 2.33. The zero-order chi connectivity index (χ0) is 14.6. The third-order valence-electron chi connectivity index (χ3n) is 2.55. The monoisotopic (exact) mass is 346 g/mol. The van der Waals surface area contributed by atoms with Crippen LogP contribution in [-0.2, 0) is 0 Å². The third-order valence-corrected chi connectivity index (χ3v) is 4.82. The normalized spacial score (nSPS) is 16.2. The molecule has 0 bridgehead atoms. The topological polar surface area (TPSA) is 25.2 Å². The molecule has 0 N–H and O–H groups in total. The Bertz CT molecular complexity index is 494. The van der Waals surface area contributed by atoms with Crippen LogP contribution in [0, 0.1) is 0 Å². The number of hydrogen-bond donors (Lipinski definition) is 0. The first-order valence-corrected chi connectivity index (χ1v) is 8.30. The Morgan fingerprint density at radius 2 is 2.16 bits per heavy atom. The SMILES string of the molecule is C=S(N=C(c1cccc(Br)n1)[C@@H](F)CC)C(C)(C)C. The van der Waals surface area contributed by atoms with Gasteiger partial charge in [0, 0.05) is 4.75 Å². The minimum absolute atomic E-state index is 0.0786. The van der Waals surface area contributed by atoms with E-state index >= 15 is 0 Å². The first-order chi connectivity index (χ1) is 8.75. The maximum Gasteiger partial charge on any atom is 0.144 e. The summed E-state index contributed by atoms with van der Waals surface area (Å²) in [7, 11) is -0.504. The maximum atomic E-state index is 14.2. The first-order valence-electron chi connectivity index (χ1n) is 6.15. The summed E-state index contributed by atoms with van der Waals surface area (Å²) in [6, 6.07) is 5.43. The Labute approximate surface area is 125 Å². The molecular weight excluding hydrogens is 327 g/mol. The number of aromatic nitrogens is 1. The van der Waals surface area contributed by atoms with Crippen molar-refractivity contribution in [1.82, 2.24) is 4.98 Å². The summed E-state index contributed by atoms with van der Waals surface area (Å²) in [6.07, 6.45) is -0.727. The highest BCUT2D eigenvalue weighted by Gasteiger charge is 2.20. The molecule has 2 atom stereocenters. The van der Waals surface area contributed by atoms with Crippen molar-refractivity contribution in [3.8, 4) is 0 Å². The Balaban J connectivity index is 3.23. The lowest BCUT2D eigenvalue weighted by molar-refractivity contribution is 0.414. The van der Waals surface area contributed by atoms with Crippen molar-refractivity contribution in [1.29, 1.82) is 0 Å². The van der Waals surface area contributed by atoms with Gasteiger partial charge >= 0.3 is 0 Å². The van der Waals surface area contributed by atoms with Crippen LogP contribution in [0.2, 0.25) is 0 Å². The molecule has 0 fully saturated rings. The van der Waals surface area contributed by atoms with Crippen LogP contribution in [0.15, 0.2) is 27.2 Å². The second kappa shape index (κ2) is 6.75. The molecule has 0 radical (unpaired) electrons. The summed E-state index contributed by atoms with van der Waals surface area (Å²) >= 11 is 3.31. The number of alkyl halides is 1. The van der Waals surface area contributed by atoms with Crippen molar-refractivity contribution in [3.05, 3.63) is 28.5 Å². The van der Waals surface area contributed by atoms with Gasteiger partial charge in [0.25, 0.3) is 0 Å². The molecule has 1 heterocycles. The smallest absolute Gasteiger partial charge is 0.144 e. The first kappa shape index (κ1) is 16.5. The molecule has 0 aromatic carbocycles. The number of pyridine rings is 1.